The van der Waals surface area contributed by atoms with E-state index in [2.05, 4.69) is 97.1 Å². The van der Waals surface area contributed by atoms with Crippen LogP contribution < -0.4 is 16.4 Å². The second-order valence-corrected chi connectivity index (χ2v) is 25.3. The number of hydrogen-bond acceptors (Lipinski definition) is 9. The summed E-state index contributed by atoms with van der Waals surface area (Å²) in [6.45, 7) is 7.67. The Morgan fingerprint density at radius 2 is 1.59 bits per heavy atom. The van der Waals surface area contributed by atoms with Crippen molar-refractivity contribution in [3.05, 3.63) is 131 Å². The van der Waals surface area contributed by atoms with Gasteiger partial charge in [-0.2, -0.15) is 0 Å². The number of unbranched alkanes of at least 4 members (excludes halogenated alkanes) is 3. The first-order valence-electron chi connectivity index (χ1n) is 30.7. The van der Waals surface area contributed by atoms with Gasteiger partial charge in [0.2, 0.25) is 0 Å². The average molecular weight is 1080 g/mol. The SMILES string of the molecule is CCCCCC1C=CC(CCCCC2CCC(c3cc(-c4ccccc4)c(-c4cc(O)cc(O)c4Cc4ccc(C(C)C)cc4)[nH]3)C3CC(CC4=CCNC(N)=C4)CC3(O)C(CNC3CCCCC3)CC(O)C2C(=O)O)C(O)C1. The standard InChI is InChI=1S/C68H94N4O7/c1-4-5-8-15-44-24-27-50(61(74)35-44)18-13-14-19-51-28-29-55(60-40-56(49-16-9-6-10-17-49)66(72-60)58-38-54(73)39-62(75)57(58)33-45-22-25-48(26-23-45)43(2)3)59-34-47(32-46-30-31-70-64(69)36-46)41-68(59,79)52(37-63(76)65(51)67(77)78)42-71-53-20-11-7-12-21-53/h6,9-10,16-17,22-27,30,36,38-40,43-44,47,50-53,55,59,61,63,65,70-76,79H,4-5,7-8,11-15,18-21,28-29,31-35,37,41-42,69H2,1-3H3,(H,77,78). The number of fused-ring (bicyclic) bond motifs is 1. The summed E-state index contributed by atoms with van der Waals surface area (Å²) in [5.41, 5.74) is 13.4. The molecule has 1 aliphatic heterocycles. The van der Waals surface area contributed by atoms with Crippen molar-refractivity contribution in [3.8, 4) is 33.9 Å². The molecule has 11 atom stereocenters. The van der Waals surface area contributed by atoms with E-state index in [9.17, 15) is 35.4 Å². The first-order valence-corrected chi connectivity index (χ1v) is 30.7. The molecule has 79 heavy (non-hydrogen) atoms. The lowest BCUT2D eigenvalue weighted by Crippen LogP contribution is -2.52. The van der Waals surface area contributed by atoms with Crippen LogP contribution in [0, 0.1) is 41.4 Å². The Labute approximate surface area is 471 Å². The van der Waals surface area contributed by atoms with Gasteiger partial charge >= 0.3 is 5.97 Å². The number of aliphatic hydroxyl groups excluding tert-OH is 2. The van der Waals surface area contributed by atoms with Crippen LogP contribution in [0.2, 0.25) is 0 Å². The Balaban J connectivity index is 1.12. The van der Waals surface area contributed by atoms with Gasteiger partial charge in [-0.05, 0) is 147 Å². The van der Waals surface area contributed by atoms with Crippen LogP contribution in [0.4, 0.5) is 0 Å². The minimum atomic E-state index is -1.28. The van der Waals surface area contributed by atoms with Crippen molar-refractivity contribution in [2.75, 3.05) is 13.1 Å². The molecule has 5 aliphatic rings. The fourth-order valence-electron chi connectivity index (χ4n) is 15.1. The van der Waals surface area contributed by atoms with E-state index in [4.69, 9.17) is 5.73 Å². The number of aliphatic carboxylic acids is 1. The van der Waals surface area contributed by atoms with Crippen LogP contribution in [0.15, 0.2) is 108 Å². The van der Waals surface area contributed by atoms with E-state index in [0.29, 0.717) is 74.0 Å². The molecule has 0 spiro atoms. The Morgan fingerprint density at radius 1 is 0.835 bits per heavy atom. The molecule has 428 valence electrons. The molecule has 11 nitrogen and oxygen atoms in total. The maximum Gasteiger partial charge on any atom is 0.309 e. The van der Waals surface area contributed by atoms with Crippen LogP contribution in [0.1, 0.15) is 183 Å². The average Bonchev–Trinajstić information content (AvgIpc) is 4.02. The molecule has 11 unspecified atom stereocenters. The number of dihydropyridines is 1. The number of nitrogens with two attached hydrogens (primary N) is 1. The molecule has 4 aliphatic carbocycles. The van der Waals surface area contributed by atoms with E-state index in [1.54, 1.807) is 6.07 Å². The van der Waals surface area contributed by atoms with Gasteiger partial charge in [0.25, 0.3) is 0 Å². The van der Waals surface area contributed by atoms with Crippen molar-refractivity contribution in [2.45, 2.75) is 191 Å². The molecule has 1 aromatic heterocycles. The smallest absolute Gasteiger partial charge is 0.309 e. The zero-order valence-corrected chi connectivity index (χ0v) is 47.6. The van der Waals surface area contributed by atoms with E-state index in [1.165, 1.54) is 37.3 Å². The predicted molar refractivity (Wildman–Crippen MR) is 317 cm³/mol. The van der Waals surface area contributed by atoms with Crippen molar-refractivity contribution < 1.29 is 35.4 Å². The number of aromatic hydroxyl groups is 2. The molecule has 3 saturated carbocycles. The number of nitrogens with one attached hydrogen (secondary N) is 3. The molecule has 4 aromatic rings. The van der Waals surface area contributed by atoms with Crippen LogP contribution in [0.5, 0.6) is 11.5 Å². The number of aromatic nitrogens is 1. The Morgan fingerprint density at radius 3 is 2.32 bits per heavy atom. The summed E-state index contributed by atoms with van der Waals surface area (Å²) in [5.74, 6) is -1.81. The number of phenolic OH excluding ortho intramolecular Hbond substituents is 2. The van der Waals surface area contributed by atoms with Gasteiger partial charge in [-0.3, -0.25) is 4.79 Å². The number of H-pyrrole nitrogens is 1. The number of allylic oxidation sites excluding steroid dienone is 3. The number of hydrogen-bond donors (Lipinski definition) is 10. The number of aromatic amines is 1. The van der Waals surface area contributed by atoms with E-state index >= 15 is 0 Å². The maximum absolute atomic E-state index is 14.1. The number of aliphatic hydroxyl groups is 3. The highest BCUT2D eigenvalue weighted by Crippen LogP contribution is 2.56. The summed E-state index contributed by atoms with van der Waals surface area (Å²) < 4.78 is 0. The Hall–Kier alpha value is -5.33. The van der Waals surface area contributed by atoms with Gasteiger partial charge in [0.05, 0.1) is 35.2 Å². The van der Waals surface area contributed by atoms with E-state index < -0.39 is 29.5 Å². The van der Waals surface area contributed by atoms with Crippen LogP contribution in [-0.2, 0) is 11.2 Å². The summed E-state index contributed by atoms with van der Waals surface area (Å²) >= 11 is 0. The summed E-state index contributed by atoms with van der Waals surface area (Å²) in [6, 6.07) is 24.4. The van der Waals surface area contributed by atoms with E-state index in [1.807, 2.05) is 24.3 Å². The van der Waals surface area contributed by atoms with Gasteiger partial charge in [-0.1, -0.05) is 145 Å². The lowest BCUT2D eigenvalue weighted by molar-refractivity contribution is -0.152. The zero-order chi connectivity index (χ0) is 55.6. The summed E-state index contributed by atoms with van der Waals surface area (Å²) in [4.78, 5) is 17.8. The number of phenols is 2. The van der Waals surface area contributed by atoms with Gasteiger partial charge < -0.3 is 52.0 Å². The van der Waals surface area contributed by atoms with Crippen LogP contribution in [0.25, 0.3) is 22.4 Å². The molecule has 11 heteroatoms. The third-order valence-corrected chi connectivity index (χ3v) is 19.5. The summed E-state index contributed by atoms with van der Waals surface area (Å²) in [6.07, 6.45) is 25.0. The monoisotopic (exact) mass is 1080 g/mol. The third kappa shape index (κ3) is 14.4. The second kappa shape index (κ2) is 27.0. The molecule has 11 N–H and O–H groups in total. The van der Waals surface area contributed by atoms with E-state index in [0.717, 1.165) is 104 Å². The quantitative estimate of drug-likeness (QED) is 0.0282. The predicted octanol–water partition coefficient (Wildman–Crippen LogP) is 13.1. The number of carbonyl (C=O) groups is 1. The zero-order valence-electron chi connectivity index (χ0n) is 47.6. The molecule has 2 heterocycles. The number of benzene rings is 3. The maximum atomic E-state index is 14.1. The fourth-order valence-corrected chi connectivity index (χ4v) is 15.1. The molecule has 9 rings (SSSR count). The molecule has 0 radical (unpaired) electrons. The lowest BCUT2D eigenvalue weighted by Gasteiger charge is -2.45. The third-order valence-electron chi connectivity index (χ3n) is 19.5. The minimum absolute atomic E-state index is 0.00162. The Kier molecular flexibility index (Phi) is 19.9. The molecular formula is C68H94N4O7. The topological polar surface area (TPSA) is 204 Å². The largest absolute Gasteiger partial charge is 0.508 e. The van der Waals surface area contributed by atoms with Crippen LogP contribution in [-0.4, -0.2) is 78.5 Å². The molecule has 3 fully saturated rings. The van der Waals surface area contributed by atoms with Gasteiger partial charge in [0.15, 0.2) is 0 Å². The first-order chi connectivity index (χ1) is 38.2. The van der Waals surface area contributed by atoms with Crippen molar-refractivity contribution in [1.82, 2.24) is 15.6 Å². The highest BCUT2D eigenvalue weighted by Gasteiger charge is 2.55. The Bertz CT molecular complexity index is 2710. The second-order valence-electron chi connectivity index (χ2n) is 25.3. The minimum Gasteiger partial charge on any atom is -0.508 e. The molecule has 0 saturated heterocycles. The van der Waals surface area contributed by atoms with Gasteiger partial charge in [-0.25, -0.2) is 0 Å². The molecule has 0 bridgehead atoms. The highest BCUT2D eigenvalue weighted by molar-refractivity contribution is 5.85. The first kappa shape index (κ1) is 58.3. The fraction of sp³-hybridized carbons (Fsp3) is 0.574. The van der Waals surface area contributed by atoms with Crippen molar-refractivity contribution in [2.24, 2.45) is 47.2 Å². The van der Waals surface area contributed by atoms with Crippen molar-refractivity contribution >= 4 is 5.97 Å². The van der Waals surface area contributed by atoms with Crippen molar-refractivity contribution in [3.63, 3.8) is 0 Å². The highest BCUT2D eigenvalue weighted by atomic mass is 16.4. The molecular weight excluding hydrogens is 985 g/mol. The molecule has 0 amide bonds. The van der Waals surface area contributed by atoms with Gasteiger partial charge in [0.1, 0.15) is 11.5 Å². The number of carboxylic acid groups (broad SMARTS) is 1. The van der Waals surface area contributed by atoms with Crippen LogP contribution in [0.3, 0.4) is 0 Å². The van der Waals surface area contributed by atoms with E-state index in [-0.39, 0.29) is 59.7 Å². The lowest BCUT2D eigenvalue weighted by atomic mass is 9.65. The van der Waals surface area contributed by atoms with Gasteiger partial charge in [-0.15, -0.1) is 0 Å². The number of rotatable bonds is 21. The number of carboxylic acids is 1. The van der Waals surface area contributed by atoms with Gasteiger partial charge in [0, 0.05) is 71.8 Å². The van der Waals surface area contributed by atoms with Crippen LogP contribution >= 0.6 is 0 Å². The van der Waals surface area contributed by atoms with Crippen molar-refractivity contribution in [1.29, 1.82) is 0 Å². The normalized spacial score (nSPS) is 28.7. The summed E-state index contributed by atoms with van der Waals surface area (Å²) in [5, 5.41) is 79.5. The summed E-state index contributed by atoms with van der Waals surface area (Å²) in [7, 11) is 0. The molecule has 3 aromatic carbocycles.